The van der Waals surface area contributed by atoms with Crippen LogP contribution in [0.15, 0.2) is 0 Å². The summed E-state index contributed by atoms with van der Waals surface area (Å²) in [6.45, 7) is 33.5. The van der Waals surface area contributed by atoms with Crippen LogP contribution < -0.4 is 0 Å². The van der Waals surface area contributed by atoms with Gasteiger partial charge in [-0.25, -0.2) is 0 Å². The fourth-order valence-electron chi connectivity index (χ4n) is 0. The van der Waals surface area contributed by atoms with Crippen LogP contribution in [0.1, 0.15) is 111 Å². The monoisotopic (exact) mass is 264 g/mol. The molecule has 0 atom stereocenters. The van der Waals surface area contributed by atoms with Crippen molar-refractivity contribution in [2.75, 3.05) is 0 Å². The van der Waals surface area contributed by atoms with Crippen molar-refractivity contribution in [3.8, 4) is 0 Å². The van der Waals surface area contributed by atoms with Gasteiger partial charge in [-0.2, -0.15) is 0 Å². The van der Waals surface area contributed by atoms with Gasteiger partial charge in [0.05, 0.1) is 0 Å². The predicted molar refractivity (Wildman–Crippen MR) is 95.7 cm³/mol. The van der Waals surface area contributed by atoms with Gasteiger partial charge in [-0.3, -0.25) is 0 Å². The van der Waals surface area contributed by atoms with Gasteiger partial charge in [-0.15, -0.1) is 0 Å². The lowest BCUT2D eigenvalue weighted by molar-refractivity contribution is 0.469. The van der Waals surface area contributed by atoms with Gasteiger partial charge in [0.15, 0.2) is 0 Å². The Balaban J connectivity index is -0.0000000260. The lowest BCUT2D eigenvalue weighted by Crippen LogP contribution is -1.93. The smallest absolute Gasteiger partial charge is 0.0411 e. The molecule has 0 bridgehead atoms. The molecule has 0 heteroatoms. The Labute approximate surface area is 122 Å². The van der Waals surface area contributed by atoms with Crippen LogP contribution in [0.5, 0.6) is 0 Å². The number of hydrogen-bond acceptors (Lipinski definition) is 0. The number of rotatable bonds is 0. The van der Waals surface area contributed by atoms with E-state index in [1.807, 2.05) is 55.4 Å². The maximum absolute atomic E-state index is 2.19. The third kappa shape index (κ3) is 0. The highest BCUT2D eigenvalue weighted by Crippen LogP contribution is 2.08. The van der Waals surface area contributed by atoms with E-state index in [1.54, 1.807) is 0 Å². The van der Waals surface area contributed by atoms with Gasteiger partial charge in [0.2, 0.25) is 0 Å². The molecule has 0 amide bonds. The summed E-state index contributed by atoms with van der Waals surface area (Å²) >= 11 is 0. The Kier molecular flexibility index (Phi) is 60.7. The van der Waals surface area contributed by atoms with Gasteiger partial charge in [-0.05, 0) is 10.8 Å². The van der Waals surface area contributed by atoms with Gasteiger partial charge in [-0.1, -0.05) is 111 Å². The van der Waals surface area contributed by atoms with Gasteiger partial charge < -0.3 is 0 Å². The van der Waals surface area contributed by atoms with E-state index in [0.29, 0.717) is 10.8 Å². The molecule has 0 saturated carbocycles. The first-order valence-corrected chi connectivity index (χ1v) is 8.00. The second kappa shape index (κ2) is 30.2. The average molecular weight is 265 g/mol. The summed E-state index contributed by atoms with van der Waals surface area (Å²) in [7, 11) is 0. The maximum Gasteiger partial charge on any atom is -0.0411 e. The molecule has 0 N–H and O–H groups in total. The van der Waals surface area contributed by atoms with Crippen LogP contribution in [0.3, 0.4) is 0 Å². The van der Waals surface area contributed by atoms with Crippen LogP contribution >= 0.6 is 0 Å². The van der Waals surface area contributed by atoms with Crippen LogP contribution in [0, 0.1) is 10.8 Å². The quantitative estimate of drug-likeness (QED) is 0.413. The van der Waals surface area contributed by atoms with E-state index < -0.39 is 0 Å². The van der Waals surface area contributed by atoms with Gasteiger partial charge in [0.1, 0.15) is 0 Å². The Morgan fingerprint density at radius 3 is 0.278 bits per heavy atom. The lowest BCUT2D eigenvalue weighted by Gasteiger charge is -2.05. The number of hydrogen-bond donors (Lipinski definition) is 0. The van der Waals surface area contributed by atoms with Gasteiger partial charge >= 0.3 is 0 Å². The van der Waals surface area contributed by atoms with E-state index in [9.17, 15) is 0 Å². The Hall–Kier alpha value is 0. The van der Waals surface area contributed by atoms with Gasteiger partial charge in [0.25, 0.3) is 0 Å². The van der Waals surface area contributed by atoms with Crippen molar-refractivity contribution in [2.45, 2.75) is 111 Å². The minimum atomic E-state index is 0.500. The van der Waals surface area contributed by atoms with Crippen LogP contribution in [-0.2, 0) is 0 Å². The lowest BCUT2D eigenvalue weighted by atomic mass is 10.0. The topological polar surface area (TPSA) is 0 Å². The highest BCUT2D eigenvalue weighted by Gasteiger charge is 1.96. The van der Waals surface area contributed by atoms with Crippen LogP contribution in [0.2, 0.25) is 0 Å². The first kappa shape index (κ1) is 36.1. The fourth-order valence-corrected chi connectivity index (χ4v) is 0. The molecule has 0 radical (unpaired) electrons. The Morgan fingerprint density at radius 1 is 0.278 bits per heavy atom. The molecule has 0 aromatic rings. The van der Waals surface area contributed by atoms with Crippen molar-refractivity contribution in [2.24, 2.45) is 10.8 Å². The molecule has 0 heterocycles. The van der Waals surface area contributed by atoms with Crippen molar-refractivity contribution < 1.29 is 0 Å². The van der Waals surface area contributed by atoms with Crippen molar-refractivity contribution >= 4 is 0 Å². The molecule has 0 aliphatic heterocycles. The summed E-state index contributed by atoms with van der Waals surface area (Å²) in [6, 6.07) is 0. The van der Waals surface area contributed by atoms with Crippen molar-refractivity contribution in [3.63, 3.8) is 0 Å². The zero-order valence-electron chi connectivity index (χ0n) is 17.0. The first-order valence-electron chi connectivity index (χ1n) is 8.00. The van der Waals surface area contributed by atoms with Crippen LogP contribution in [0.4, 0.5) is 0 Å². The molecular formula is C18H48. The fraction of sp³-hybridized carbons (Fsp3) is 1.00. The molecule has 0 nitrogen and oxygen atoms in total. The molecule has 0 aliphatic carbocycles. The van der Waals surface area contributed by atoms with Crippen LogP contribution in [-0.4, -0.2) is 0 Å². The van der Waals surface area contributed by atoms with Crippen LogP contribution in [0.25, 0.3) is 0 Å². The van der Waals surface area contributed by atoms with E-state index in [4.69, 9.17) is 0 Å². The highest BCUT2D eigenvalue weighted by atomic mass is 14.0. The largest absolute Gasteiger partial charge is 0.0683 e. The third-order valence-corrected chi connectivity index (χ3v) is 0. The van der Waals surface area contributed by atoms with E-state index in [1.165, 1.54) is 0 Å². The molecule has 0 spiro atoms. The zero-order valence-corrected chi connectivity index (χ0v) is 17.0. The summed E-state index contributed by atoms with van der Waals surface area (Å²) < 4.78 is 0. The SMILES string of the molecule is CC.CC.CC.CC.CC(C)(C)C.CC(C)(C)C. The molecule has 0 aromatic heterocycles. The molecule has 0 saturated heterocycles. The van der Waals surface area contributed by atoms with Crippen molar-refractivity contribution in [3.05, 3.63) is 0 Å². The summed E-state index contributed by atoms with van der Waals surface area (Å²) in [5.74, 6) is 0. The highest BCUT2D eigenvalue weighted by molar-refractivity contribution is 4.47. The summed E-state index contributed by atoms with van der Waals surface area (Å²) in [6.07, 6.45) is 0. The second-order valence-electron chi connectivity index (χ2n) is 6.00. The second-order valence-corrected chi connectivity index (χ2v) is 6.00. The van der Waals surface area contributed by atoms with E-state index in [2.05, 4.69) is 55.4 Å². The molecule has 0 aromatic carbocycles. The molecule has 0 aliphatic rings. The molecule has 0 rings (SSSR count). The predicted octanol–water partition coefficient (Wildman–Crippen LogP) is 8.21. The summed E-state index contributed by atoms with van der Waals surface area (Å²) in [4.78, 5) is 0. The molecular weight excluding hydrogens is 216 g/mol. The summed E-state index contributed by atoms with van der Waals surface area (Å²) in [5, 5.41) is 0. The maximum atomic E-state index is 2.19. The zero-order chi connectivity index (χ0) is 17.0. The minimum Gasteiger partial charge on any atom is -0.0683 e. The van der Waals surface area contributed by atoms with Gasteiger partial charge in [0, 0.05) is 0 Å². The van der Waals surface area contributed by atoms with E-state index in [-0.39, 0.29) is 0 Å². The summed E-state index contributed by atoms with van der Waals surface area (Å²) in [5.41, 5.74) is 1.00. The molecule has 0 fully saturated rings. The Bertz CT molecular complexity index is 43.0. The molecule has 18 heavy (non-hydrogen) atoms. The first-order chi connectivity index (χ1) is 8.00. The van der Waals surface area contributed by atoms with Crippen molar-refractivity contribution in [1.82, 2.24) is 0 Å². The molecule has 0 unspecified atom stereocenters. The van der Waals surface area contributed by atoms with Crippen molar-refractivity contribution in [1.29, 1.82) is 0 Å². The third-order valence-electron chi connectivity index (χ3n) is 0. The minimum absolute atomic E-state index is 0.500. The standard InChI is InChI=1S/2C5H12.4C2H6/c2*1-5(2,3)4;4*1-2/h2*1-4H3;4*1-2H3. The van der Waals surface area contributed by atoms with E-state index >= 15 is 0 Å². The van der Waals surface area contributed by atoms with E-state index in [0.717, 1.165) is 0 Å². The average Bonchev–Trinajstić information content (AvgIpc) is 2.24. The molecule has 120 valence electrons. The Morgan fingerprint density at radius 2 is 0.278 bits per heavy atom. The normalized spacial score (nSPS) is 8.00.